The van der Waals surface area contributed by atoms with Gasteiger partial charge in [-0.15, -0.1) is 11.6 Å². The molecule has 0 aliphatic rings. The second-order valence-electron chi connectivity index (χ2n) is 6.12. The van der Waals surface area contributed by atoms with Crippen LogP contribution in [0.4, 0.5) is 0 Å². The van der Waals surface area contributed by atoms with Crippen LogP contribution in [-0.4, -0.2) is 26.8 Å². The Morgan fingerprint density at radius 1 is 1.35 bits per heavy atom. The summed E-state index contributed by atoms with van der Waals surface area (Å²) in [5.41, 5.74) is 1.07. The Hall–Kier alpha value is -2.60. The number of aromatic nitrogens is 3. The molecule has 0 amide bonds. The smallest absolute Gasteiger partial charge is 0.343 e. The van der Waals surface area contributed by atoms with Gasteiger partial charge in [-0.05, 0) is 18.9 Å². The van der Waals surface area contributed by atoms with Crippen molar-refractivity contribution >= 4 is 28.6 Å². The zero-order chi connectivity index (χ0) is 18.7. The number of carbonyl (C=O) groups excluding carboxylic acids is 1. The second-order valence-corrected chi connectivity index (χ2v) is 6.65. The predicted molar refractivity (Wildman–Crippen MR) is 101 cm³/mol. The van der Waals surface area contributed by atoms with Crippen molar-refractivity contribution in [3.63, 3.8) is 0 Å². The minimum Gasteiger partial charge on any atom is -0.459 e. The number of halogens is 1. The van der Waals surface area contributed by atoms with Crippen molar-refractivity contribution in [3.8, 4) is 0 Å². The molecule has 26 heavy (non-hydrogen) atoms. The van der Waals surface area contributed by atoms with Crippen LogP contribution >= 0.6 is 11.6 Å². The fraction of sp³-hybridized carbons (Fsp3) is 0.316. The maximum absolute atomic E-state index is 12.6. The number of pyridine rings is 1. The van der Waals surface area contributed by atoms with Crippen LogP contribution in [0.15, 0.2) is 47.5 Å². The van der Waals surface area contributed by atoms with Crippen LogP contribution in [0.3, 0.4) is 0 Å². The van der Waals surface area contributed by atoms with Gasteiger partial charge in [0.25, 0.3) is 0 Å². The molecule has 1 aromatic carbocycles. The number of nitrogens with zero attached hydrogens (tertiary/aromatic N) is 2. The highest BCUT2D eigenvalue weighted by atomic mass is 35.5. The maximum Gasteiger partial charge on any atom is 0.343 e. The first-order valence-corrected chi connectivity index (χ1v) is 8.92. The van der Waals surface area contributed by atoms with Gasteiger partial charge in [-0.3, -0.25) is 4.79 Å². The van der Waals surface area contributed by atoms with Crippen LogP contribution in [-0.2, 0) is 11.3 Å². The summed E-state index contributed by atoms with van der Waals surface area (Å²) in [4.78, 5) is 27.7. The molecule has 0 radical (unpaired) electrons. The molecule has 2 atom stereocenters. The molecule has 0 saturated carbocycles. The van der Waals surface area contributed by atoms with Crippen LogP contribution in [0, 0.1) is 0 Å². The number of ether oxygens (including phenoxy) is 1. The molecule has 6 nitrogen and oxygen atoms in total. The van der Waals surface area contributed by atoms with Crippen LogP contribution in [0.25, 0.3) is 11.0 Å². The average Bonchev–Trinajstić information content (AvgIpc) is 3.06. The highest BCUT2D eigenvalue weighted by Crippen LogP contribution is 2.23. The number of hydrogen-bond donors (Lipinski definition) is 1. The first-order valence-electron chi connectivity index (χ1n) is 8.48. The van der Waals surface area contributed by atoms with E-state index in [1.807, 2.05) is 37.3 Å². The van der Waals surface area contributed by atoms with E-state index in [4.69, 9.17) is 16.3 Å². The lowest BCUT2D eigenvalue weighted by Gasteiger charge is -2.11. The van der Waals surface area contributed by atoms with Gasteiger partial charge in [0, 0.05) is 6.20 Å². The average molecular weight is 374 g/mol. The minimum absolute atomic E-state index is 0.0252. The van der Waals surface area contributed by atoms with E-state index in [1.54, 1.807) is 11.6 Å². The molecule has 3 aromatic rings. The zero-order valence-corrected chi connectivity index (χ0v) is 15.4. The lowest BCUT2D eigenvalue weighted by atomic mass is 10.1. The van der Waals surface area contributed by atoms with Gasteiger partial charge in [0.05, 0.1) is 29.6 Å². The van der Waals surface area contributed by atoms with E-state index in [2.05, 4.69) is 10.1 Å². The van der Waals surface area contributed by atoms with Crippen LogP contribution < -0.4 is 5.43 Å². The predicted octanol–water partition coefficient (Wildman–Crippen LogP) is 3.66. The SMILES string of the molecule is CCC(C)OC(=O)c1c[nH]c2c(cnn2CC(Cl)c2ccccc2)c1=O. The largest absolute Gasteiger partial charge is 0.459 e. The number of esters is 1. The summed E-state index contributed by atoms with van der Waals surface area (Å²) in [6, 6.07) is 9.64. The van der Waals surface area contributed by atoms with Gasteiger partial charge in [0.15, 0.2) is 0 Å². The highest BCUT2D eigenvalue weighted by molar-refractivity contribution is 6.20. The molecule has 0 aliphatic heterocycles. The summed E-state index contributed by atoms with van der Waals surface area (Å²) in [5.74, 6) is -0.630. The van der Waals surface area contributed by atoms with Gasteiger partial charge >= 0.3 is 5.97 Å². The molecule has 0 fully saturated rings. The highest BCUT2D eigenvalue weighted by Gasteiger charge is 2.19. The Kier molecular flexibility index (Phi) is 5.42. The third-order valence-corrected chi connectivity index (χ3v) is 4.67. The standard InChI is InChI=1S/C19H20ClN3O3/c1-3-12(2)26-19(25)15-9-21-18-14(17(15)24)10-22-23(18)11-16(20)13-7-5-4-6-8-13/h4-10,12,16H,3,11H2,1-2H3,(H,21,24). The summed E-state index contributed by atoms with van der Waals surface area (Å²) in [7, 11) is 0. The maximum atomic E-state index is 12.6. The Morgan fingerprint density at radius 3 is 2.77 bits per heavy atom. The van der Waals surface area contributed by atoms with E-state index in [0.717, 1.165) is 5.56 Å². The van der Waals surface area contributed by atoms with Crippen molar-refractivity contribution in [1.29, 1.82) is 0 Å². The molecule has 7 heteroatoms. The number of H-pyrrole nitrogens is 1. The number of benzene rings is 1. The fourth-order valence-electron chi connectivity index (χ4n) is 2.59. The number of aromatic amines is 1. The van der Waals surface area contributed by atoms with Crippen LogP contribution in [0.2, 0.25) is 0 Å². The summed E-state index contributed by atoms with van der Waals surface area (Å²) < 4.78 is 6.87. The van der Waals surface area contributed by atoms with Gasteiger partial charge in [-0.2, -0.15) is 5.10 Å². The third-order valence-electron chi connectivity index (χ3n) is 4.28. The number of rotatable bonds is 6. The van der Waals surface area contributed by atoms with Gasteiger partial charge in [0.1, 0.15) is 11.2 Å². The number of alkyl halides is 1. The quantitative estimate of drug-likeness (QED) is 0.528. The third kappa shape index (κ3) is 3.65. The Labute approximate surface area is 155 Å². The molecule has 0 aliphatic carbocycles. The topological polar surface area (TPSA) is 77.0 Å². The van der Waals surface area contributed by atoms with E-state index in [9.17, 15) is 9.59 Å². The molecule has 2 heterocycles. The van der Waals surface area contributed by atoms with E-state index in [-0.39, 0.29) is 17.0 Å². The molecule has 1 N–H and O–H groups in total. The first kappa shape index (κ1) is 18.2. The van der Waals surface area contributed by atoms with Crippen molar-refractivity contribution in [2.75, 3.05) is 0 Å². The van der Waals surface area contributed by atoms with E-state index in [1.165, 1.54) is 12.4 Å². The molecule has 3 rings (SSSR count). The number of hydrogen-bond acceptors (Lipinski definition) is 4. The fourth-order valence-corrected chi connectivity index (χ4v) is 2.87. The van der Waals surface area contributed by atoms with E-state index >= 15 is 0 Å². The minimum atomic E-state index is -0.630. The number of carbonyl (C=O) groups is 1. The van der Waals surface area contributed by atoms with E-state index in [0.29, 0.717) is 24.0 Å². The summed E-state index contributed by atoms with van der Waals surface area (Å²) in [6.07, 6.45) is 3.26. The molecule has 0 spiro atoms. The van der Waals surface area contributed by atoms with Crippen LogP contribution in [0.5, 0.6) is 0 Å². The molecule has 0 bridgehead atoms. The Bertz CT molecular complexity index is 965. The molecular formula is C19H20ClN3O3. The summed E-state index contributed by atoms with van der Waals surface area (Å²) in [5, 5.41) is 4.29. The van der Waals surface area contributed by atoms with Crippen molar-refractivity contribution in [2.24, 2.45) is 0 Å². The Balaban J connectivity index is 1.88. The summed E-state index contributed by atoms with van der Waals surface area (Å²) in [6.45, 7) is 4.08. The molecular weight excluding hydrogens is 354 g/mol. The zero-order valence-electron chi connectivity index (χ0n) is 14.6. The van der Waals surface area contributed by atoms with Gasteiger partial charge in [0.2, 0.25) is 5.43 Å². The monoisotopic (exact) mass is 373 g/mol. The van der Waals surface area contributed by atoms with Gasteiger partial charge in [-0.1, -0.05) is 37.3 Å². The van der Waals surface area contributed by atoms with Crippen molar-refractivity contribution in [2.45, 2.75) is 38.3 Å². The molecule has 0 saturated heterocycles. The number of fused-ring (bicyclic) bond motifs is 1. The second kappa shape index (κ2) is 7.74. The van der Waals surface area contributed by atoms with Crippen molar-refractivity contribution < 1.29 is 9.53 Å². The van der Waals surface area contributed by atoms with Gasteiger partial charge in [-0.25, -0.2) is 9.48 Å². The molecule has 136 valence electrons. The first-order chi connectivity index (χ1) is 12.5. The Morgan fingerprint density at radius 2 is 2.08 bits per heavy atom. The van der Waals surface area contributed by atoms with Crippen LogP contribution in [0.1, 0.15) is 41.6 Å². The molecule has 2 unspecified atom stereocenters. The number of nitrogens with one attached hydrogen (secondary N) is 1. The van der Waals surface area contributed by atoms with Crippen molar-refractivity contribution in [1.82, 2.24) is 14.8 Å². The van der Waals surface area contributed by atoms with E-state index < -0.39 is 11.4 Å². The lowest BCUT2D eigenvalue weighted by Crippen LogP contribution is -2.21. The van der Waals surface area contributed by atoms with Gasteiger partial charge < -0.3 is 9.72 Å². The summed E-state index contributed by atoms with van der Waals surface area (Å²) >= 11 is 6.47. The molecule has 2 aromatic heterocycles. The van der Waals surface area contributed by atoms with Crippen molar-refractivity contribution in [3.05, 3.63) is 64.1 Å². The lowest BCUT2D eigenvalue weighted by molar-refractivity contribution is 0.0333. The normalized spacial score (nSPS) is 13.5.